The molecule has 6 nitrogen and oxygen atoms in total. The summed E-state index contributed by atoms with van der Waals surface area (Å²) in [4.78, 5) is 11.3. The minimum absolute atomic E-state index is 0.271. The molecule has 0 fully saturated rings. The van der Waals surface area contributed by atoms with Crippen LogP contribution in [0.3, 0.4) is 0 Å². The summed E-state index contributed by atoms with van der Waals surface area (Å²) in [7, 11) is 0. The summed E-state index contributed by atoms with van der Waals surface area (Å²) in [6.45, 7) is 5.86. The van der Waals surface area contributed by atoms with Gasteiger partial charge in [-0.05, 0) is 20.8 Å². The molecule has 0 aromatic carbocycles. The van der Waals surface area contributed by atoms with Crippen molar-refractivity contribution in [3.63, 3.8) is 0 Å². The second-order valence-electron chi connectivity index (χ2n) is 4.40. The number of hydrogen-bond acceptors (Lipinski definition) is 5. The standard InChI is InChI=1S/C10H17N3O3/c1-10(2,3)15-9(14)12-5-4-7-6-8(11)16-13-7/h6H,4-5,11H2,1-3H3,(H,12,14). The lowest BCUT2D eigenvalue weighted by atomic mass is 10.2. The molecule has 0 unspecified atom stereocenters. The van der Waals surface area contributed by atoms with Crippen LogP contribution in [0.1, 0.15) is 26.5 Å². The second-order valence-corrected chi connectivity index (χ2v) is 4.40. The van der Waals surface area contributed by atoms with E-state index >= 15 is 0 Å². The Morgan fingerprint density at radius 3 is 2.81 bits per heavy atom. The Morgan fingerprint density at radius 2 is 2.31 bits per heavy atom. The van der Waals surface area contributed by atoms with Crippen molar-refractivity contribution in [2.45, 2.75) is 32.8 Å². The van der Waals surface area contributed by atoms with E-state index in [4.69, 9.17) is 10.5 Å². The fraction of sp³-hybridized carbons (Fsp3) is 0.600. The van der Waals surface area contributed by atoms with E-state index in [9.17, 15) is 4.79 Å². The third-order valence-corrected chi connectivity index (χ3v) is 1.63. The molecule has 90 valence electrons. The van der Waals surface area contributed by atoms with Gasteiger partial charge in [0, 0.05) is 19.0 Å². The van der Waals surface area contributed by atoms with Crippen LogP contribution in [0.5, 0.6) is 0 Å². The van der Waals surface area contributed by atoms with Gasteiger partial charge in [-0.2, -0.15) is 0 Å². The Bertz CT molecular complexity index is 354. The lowest BCUT2D eigenvalue weighted by Crippen LogP contribution is -2.33. The largest absolute Gasteiger partial charge is 0.444 e. The molecule has 0 aliphatic carbocycles. The number of nitrogen functional groups attached to an aromatic ring is 1. The van der Waals surface area contributed by atoms with E-state index in [1.807, 2.05) is 20.8 Å². The van der Waals surface area contributed by atoms with Gasteiger partial charge in [0.05, 0.1) is 5.69 Å². The fourth-order valence-corrected chi connectivity index (χ4v) is 1.05. The maximum absolute atomic E-state index is 11.3. The van der Waals surface area contributed by atoms with Crippen LogP contribution >= 0.6 is 0 Å². The highest BCUT2D eigenvalue weighted by atomic mass is 16.6. The Labute approximate surface area is 94.1 Å². The van der Waals surface area contributed by atoms with Crippen LogP contribution in [0, 0.1) is 0 Å². The molecule has 0 spiro atoms. The van der Waals surface area contributed by atoms with E-state index < -0.39 is 11.7 Å². The first-order valence-electron chi connectivity index (χ1n) is 5.05. The monoisotopic (exact) mass is 227 g/mol. The fourth-order valence-electron chi connectivity index (χ4n) is 1.05. The highest BCUT2D eigenvalue weighted by Gasteiger charge is 2.15. The van der Waals surface area contributed by atoms with Crippen molar-refractivity contribution in [3.8, 4) is 0 Å². The molecule has 0 aliphatic rings. The molecule has 1 aromatic heterocycles. The molecule has 0 aliphatic heterocycles. The zero-order valence-corrected chi connectivity index (χ0v) is 9.74. The quantitative estimate of drug-likeness (QED) is 0.812. The second kappa shape index (κ2) is 4.87. The molecule has 1 heterocycles. The van der Waals surface area contributed by atoms with Gasteiger partial charge in [0.2, 0.25) is 5.88 Å². The molecular formula is C10H17N3O3. The number of alkyl carbamates (subject to hydrolysis) is 1. The molecule has 1 amide bonds. The number of amides is 1. The Balaban J connectivity index is 2.23. The Morgan fingerprint density at radius 1 is 1.62 bits per heavy atom. The third-order valence-electron chi connectivity index (χ3n) is 1.63. The normalized spacial score (nSPS) is 11.2. The average molecular weight is 227 g/mol. The smallest absolute Gasteiger partial charge is 0.407 e. The number of rotatable bonds is 3. The van der Waals surface area contributed by atoms with Gasteiger partial charge in [-0.15, -0.1) is 0 Å². The summed E-state index contributed by atoms with van der Waals surface area (Å²) in [5.74, 6) is 0.271. The van der Waals surface area contributed by atoms with Gasteiger partial charge in [0.25, 0.3) is 0 Å². The lowest BCUT2D eigenvalue weighted by Gasteiger charge is -2.19. The van der Waals surface area contributed by atoms with Gasteiger partial charge in [0.1, 0.15) is 5.60 Å². The van der Waals surface area contributed by atoms with Crippen molar-refractivity contribution < 1.29 is 14.1 Å². The molecule has 0 atom stereocenters. The zero-order valence-electron chi connectivity index (χ0n) is 9.74. The first kappa shape index (κ1) is 12.4. The van der Waals surface area contributed by atoms with Crippen LogP contribution in [-0.2, 0) is 11.2 Å². The number of nitrogens with zero attached hydrogens (tertiary/aromatic N) is 1. The number of nitrogens with two attached hydrogens (primary N) is 1. The molecule has 3 N–H and O–H groups in total. The van der Waals surface area contributed by atoms with Crippen LogP contribution in [0.4, 0.5) is 10.7 Å². The summed E-state index contributed by atoms with van der Waals surface area (Å²) >= 11 is 0. The molecule has 0 bridgehead atoms. The number of nitrogens with one attached hydrogen (secondary N) is 1. The van der Waals surface area contributed by atoms with E-state index in [1.165, 1.54) is 0 Å². The predicted octanol–water partition coefficient (Wildman–Crippen LogP) is 1.32. The van der Waals surface area contributed by atoms with Crippen molar-refractivity contribution in [1.29, 1.82) is 0 Å². The van der Waals surface area contributed by atoms with Crippen LogP contribution < -0.4 is 11.1 Å². The zero-order chi connectivity index (χ0) is 12.2. The minimum atomic E-state index is -0.484. The van der Waals surface area contributed by atoms with E-state index in [0.29, 0.717) is 18.7 Å². The van der Waals surface area contributed by atoms with Crippen LogP contribution in [0.15, 0.2) is 10.6 Å². The highest BCUT2D eigenvalue weighted by molar-refractivity contribution is 5.67. The van der Waals surface area contributed by atoms with E-state index in [0.717, 1.165) is 0 Å². The lowest BCUT2D eigenvalue weighted by molar-refractivity contribution is 0.0528. The van der Waals surface area contributed by atoms with Crippen LogP contribution in [0.2, 0.25) is 0 Å². The average Bonchev–Trinajstić information content (AvgIpc) is 2.48. The molecule has 6 heteroatoms. The number of anilines is 1. The first-order chi connectivity index (χ1) is 7.37. The SMILES string of the molecule is CC(C)(C)OC(=O)NCCc1cc(N)on1. The summed E-state index contributed by atoms with van der Waals surface area (Å²) in [5.41, 5.74) is 5.57. The summed E-state index contributed by atoms with van der Waals surface area (Å²) < 4.78 is 9.75. The summed E-state index contributed by atoms with van der Waals surface area (Å²) in [6, 6.07) is 1.62. The third kappa shape index (κ3) is 4.68. The first-order valence-corrected chi connectivity index (χ1v) is 5.05. The van der Waals surface area contributed by atoms with Gasteiger partial charge in [-0.25, -0.2) is 4.79 Å². The van der Waals surface area contributed by atoms with Crippen molar-refractivity contribution in [2.75, 3.05) is 12.3 Å². The van der Waals surface area contributed by atoms with Crippen molar-refractivity contribution in [3.05, 3.63) is 11.8 Å². The summed E-state index contributed by atoms with van der Waals surface area (Å²) in [5, 5.41) is 6.31. The predicted molar refractivity (Wildman–Crippen MR) is 58.9 cm³/mol. The number of aromatic nitrogens is 1. The minimum Gasteiger partial charge on any atom is -0.444 e. The molecule has 0 saturated heterocycles. The van der Waals surface area contributed by atoms with Gasteiger partial charge >= 0.3 is 6.09 Å². The maximum atomic E-state index is 11.3. The molecule has 16 heavy (non-hydrogen) atoms. The molecular weight excluding hydrogens is 210 g/mol. The van der Waals surface area contributed by atoms with E-state index in [2.05, 4.69) is 15.0 Å². The number of carbonyl (C=O) groups is 1. The summed E-state index contributed by atoms with van der Waals surface area (Å²) in [6.07, 6.45) is 0.115. The van der Waals surface area contributed by atoms with Crippen LogP contribution in [-0.4, -0.2) is 23.4 Å². The van der Waals surface area contributed by atoms with Gasteiger partial charge in [0.15, 0.2) is 0 Å². The number of hydrogen-bond donors (Lipinski definition) is 2. The highest BCUT2D eigenvalue weighted by Crippen LogP contribution is 2.07. The van der Waals surface area contributed by atoms with Crippen molar-refractivity contribution in [2.24, 2.45) is 0 Å². The Kier molecular flexibility index (Phi) is 3.76. The Hall–Kier alpha value is -1.72. The molecule has 0 radical (unpaired) electrons. The number of ether oxygens (including phenoxy) is 1. The molecule has 1 aromatic rings. The number of carbonyl (C=O) groups excluding carboxylic acids is 1. The van der Waals surface area contributed by atoms with Gasteiger partial charge in [-0.1, -0.05) is 5.16 Å². The molecule has 1 rings (SSSR count). The maximum Gasteiger partial charge on any atom is 0.407 e. The van der Waals surface area contributed by atoms with Crippen molar-refractivity contribution in [1.82, 2.24) is 10.5 Å². The van der Waals surface area contributed by atoms with Crippen LogP contribution in [0.25, 0.3) is 0 Å². The van der Waals surface area contributed by atoms with E-state index in [-0.39, 0.29) is 5.88 Å². The van der Waals surface area contributed by atoms with Gasteiger partial charge < -0.3 is 20.3 Å². The molecule has 0 saturated carbocycles. The van der Waals surface area contributed by atoms with Crippen molar-refractivity contribution >= 4 is 12.0 Å². The topological polar surface area (TPSA) is 90.4 Å². The van der Waals surface area contributed by atoms with E-state index in [1.54, 1.807) is 6.07 Å². The van der Waals surface area contributed by atoms with Gasteiger partial charge in [-0.3, -0.25) is 0 Å².